The van der Waals surface area contributed by atoms with Crippen LogP contribution in [0.15, 0.2) is 46.9 Å². The van der Waals surface area contributed by atoms with Crippen molar-refractivity contribution in [2.24, 2.45) is 0 Å². The summed E-state index contributed by atoms with van der Waals surface area (Å²) in [4.78, 5) is 11.9. The van der Waals surface area contributed by atoms with Gasteiger partial charge in [0.2, 0.25) is 5.91 Å². The van der Waals surface area contributed by atoms with Crippen molar-refractivity contribution in [3.8, 4) is 5.75 Å². The highest BCUT2D eigenvalue weighted by Gasteiger charge is 2.05. The minimum Gasteiger partial charge on any atom is -0.508 e. The van der Waals surface area contributed by atoms with Gasteiger partial charge < -0.3 is 10.4 Å². The van der Waals surface area contributed by atoms with Crippen LogP contribution < -0.4 is 5.32 Å². The van der Waals surface area contributed by atoms with Gasteiger partial charge in [-0.2, -0.15) is 0 Å². The lowest BCUT2D eigenvalue weighted by molar-refractivity contribution is -0.115. The van der Waals surface area contributed by atoms with E-state index in [2.05, 4.69) is 21.2 Å². The highest BCUT2D eigenvalue weighted by Crippen LogP contribution is 2.20. The van der Waals surface area contributed by atoms with Gasteiger partial charge in [0.05, 0.1) is 6.42 Å². The van der Waals surface area contributed by atoms with Gasteiger partial charge >= 0.3 is 0 Å². The third-order valence-corrected chi connectivity index (χ3v) is 3.63. The second-order valence-corrected chi connectivity index (χ2v) is 5.21. The predicted octanol–water partition coefficient (Wildman–Crippen LogP) is 3.64. The molecule has 0 atom stereocenters. The molecule has 2 aromatic rings. The molecule has 0 saturated carbocycles. The Morgan fingerprint density at radius 3 is 2.53 bits per heavy atom. The number of phenolic OH excluding ortho intramolecular Hbond substituents is 1. The zero-order valence-corrected chi connectivity index (χ0v) is 12.1. The van der Waals surface area contributed by atoms with Crippen LogP contribution >= 0.6 is 15.9 Å². The van der Waals surface area contributed by atoms with Crippen LogP contribution in [0.25, 0.3) is 0 Å². The van der Waals surface area contributed by atoms with Crippen molar-refractivity contribution in [3.63, 3.8) is 0 Å². The number of halogens is 1. The topological polar surface area (TPSA) is 49.3 Å². The summed E-state index contributed by atoms with van der Waals surface area (Å²) in [5.74, 6) is 0.125. The first-order chi connectivity index (χ1) is 9.04. The lowest BCUT2D eigenvalue weighted by Gasteiger charge is -2.07. The Kier molecular flexibility index (Phi) is 4.22. The van der Waals surface area contributed by atoms with Crippen LogP contribution in [0.2, 0.25) is 0 Å². The zero-order chi connectivity index (χ0) is 13.8. The quantitative estimate of drug-likeness (QED) is 0.907. The normalized spacial score (nSPS) is 10.2. The molecular formula is C15H14BrNO2. The van der Waals surface area contributed by atoms with Crippen molar-refractivity contribution in [3.05, 3.63) is 58.1 Å². The molecule has 0 heterocycles. The first kappa shape index (κ1) is 13.6. The van der Waals surface area contributed by atoms with Gasteiger partial charge in [0.15, 0.2) is 0 Å². The van der Waals surface area contributed by atoms with Gasteiger partial charge in [-0.15, -0.1) is 0 Å². The van der Waals surface area contributed by atoms with Crippen LogP contribution in [0.4, 0.5) is 5.69 Å². The Bertz CT molecular complexity index is 594. The highest BCUT2D eigenvalue weighted by atomic mass is 79.9. The predicted molar refractivity (Wildman–Crippen MR) is 79.3 cm³/mol. The zero-order valence-electron chi connectivity index (χ0n) is 10.5. The summed E-state index contributed by atoms with van der Waals surface area (Å²) in [6.07, 6.45) is 0.287. The van der Waals surface area contributed by atoms with E-state index in [1.807, 2.05) is 25.1 Å². The fraction of sp³-hybridized carbons (Fsp3) is 0.133. The van der Waals surface area contributed by atoms with E-state index < -0.39 is 0 Å². The molecule has 0 aliphatic heterocycles. The number of nitrogens with one attached hydrogen (secondary N) is 1. The molecule has 0 bridgehead atoms. The van der Waals surface area contributed by atoms with Crippen LogP contribution in [0.1, 0.15) is 11.1 Å². The third kappa shape index (κ3) is 3.83. The van der Waals surface area contributed by atoms with E-state index in [9.17, 15) is 9.90 Å². The van der Waals surface area contributed by atoms with Crippen molar-refractivity contribution in [2.75, 3.05) is 5.32 Å². The molecule has 0 unspecified atom stereocenters. The van der Waals surface area contributed by atoms with Gasteiger partial charge in [0.1, 0.15) is 5.75 Å². The molecule has 0 radical (unpaired) electrons. The molecular weight excluding hydrogens is 306 g/mol. The lowest BCUT2D eigenvalue weighted by Crippen LogP contribution is -2.14. The molecule has 98 valence electrons. The monoisotopic (exact) mass is 319 g/mol. The standard InChI is InChI=1S/C15H14BrNO2/c1-10-8-12(4-7-14(10)16)17-15(19)9-11-2-5-13(18)6-3-11/h2-8,18H,9H2,1H3,(H,17,19). The number of anilines is 1. The Balaban J connectivity index is 2.01. The highest BCUT2D eigenvalue weighted by molar-refractivity contribution is 9.10. The molecule has 2 N–H and O–H groups in total. The first-order valence-electron chi connectivity index (χ1n) is 5.88. The number of carbonyl (C=O) groups excluding carboxylic acids is 1. The molecule has 0 aliphatic carbocycles. The number of phenols is 1. The summed E-state index contributed by atoms with van der Waals surface area (Å²) in [5.41, 5.74) is 2.72. The van der Waals surface area contributed by atoms with Gasteiger partial charge in [-0.3, -0.25) is 4.79 Å². The maximum atomic E-state index is 11.9. The molecule has 0 fully saturated rings. The molecule has 19 heavy (non-hydrogen) atoms. The van der Waals surface area contributed by atoms with Crippen LogP contribution in [-0.2, 0) is 11.2 Å². The number of aromatic hydroxyl groups is 1. The Morgan fingerprint density at radius 1 is 1.21 bits per heavy atom. The first-order valence-corrected chi connectivity index (χ1v) is 6.68. The maximum absolute atomic E-state index is 11.9. The van der Waals surface area contributed by atoms with Gasteiger partial charge in [-0.05, 0) is 48.4 Å². The van der Waals surface area contributed by atoms with E-state index in [0.29, 0.717) is 0 Å². The van der Waals surface area contributed by atoms with E-state index in [0.717, 1.165) is 21.3 Å². The Morgan fingerprint density at radius 2 is 1.89 bits per heavy atom. The van der Waals surface area contributed by atoms with Crippen molar-refractivity contribution >= 4 is 27.5 Å². The molecule has 3 nitrogen and oxygen atoms in total. The number of hydrogen-bond donors (Lipinski definition) is 2. The maximum Gasteiger partial charge on any atom is 0.228 e. The molecule has 2 rings (SSSR count). The van der Waals surface area contributed by atoms with Crippen molar-refractivity contribution in [1.82, 2.24) is 0 Å². The minimum absolute atomic E-state index is 0.0765. The van der Waals surface area contributed by atoms with E-state index in [1.165, 1.54) is 0 Å². The molecule has 0 aliphatic rings. The molecule has 0 aromatic heterocycles. The molecule has 2 aromatic carbocycles. The molecule has 0 spiro atoms. The average molecular weight is 320 g/mol. The summed E-state index contributed by atoms with van der Waals surface area (Å²) in [5, 5.41) is 12.0. The third-order valence-electron chi connectivity index (χ3n) is 2.74. The number of rotatable bonds is 3. The van der Waals surface area contributed by atoms with Gasteiger partial charge in [-0.1, -0.05) is 28.1 Å². The van der Waals surface area contributed by atoms with E-state index in [1.54, 1.807) is 24.3 Å². The van der Waals surface area contributed by atoms with E-state index >= 15 is 0 Å². The molecule has 1 amide bonds. The fourth-order valence-electron chi connectivity index (χ4n) is 1.73. The number of benzene rings is 2. The van der Waals surface area contributed by atoms with Crippen molar-refractivity contribution < 1.29 is 9.90 Å². The van der Waals surface area contributed by atoms with Crippen LogP contribution in [0, 0.1) is 6.92 Å². The summed E-state index contributed by atoms with van der Waals surface area (Å²) in [6.45, 7) is 1.97. The van der Waals surface area contributed by atoms with Crippen molar-refractivity contribution in [1.29, 1.82) is 0 Å². The van der Waals surface area contributed by atoms with E-state index in [-0.39, 0.29) is 18.1 Å². The number of aryl methyl sites for hydroxylation is 1. The van der Waals surface area contributed by atoms with Gasteiger partial charge in [0, 0.05) is 10.2 Å². The van der Waals surface area contributed by atoms with Gasteiger partial charge in [-0.25, -0.2) is 0 Å². The lowest BCUT2D eigenvalue weighted by atomic mass is 10.1. The molecule has 0 saturated heterocycles. The largest absolute Gasteiger partial charge is 0.508 e. The summed E-state index contributed by atoms with van der Waals surface area (Å²) < 4.78 is 1.02. The Hall–Kier alpha value is -1.81. The van der Waals surface area contributed by atoms with E-state index in [4.69, 9.17) is 0 Å². The smallest absolute Gasteiger partial charge is 0.228 e. The van der Waals surface area contributed by atoms with Crippen LogP contribution in [-0.4, -0.2) is 11.0 Å². The fourth-order valence-corrected chi connectivity index (χ4v) is 1.97. The SMILES string of the molecule is Cc1cc(NC(=O)Cc2ccc(O)cc2)ccc1Br. The number of amides is 1. The van der Waals surface area contributed by atoms with Crippen molar-refractivity contribution in [2.45, 2.75) is 13.3 Å². The average Bonchev–Trinajstić information content (AvgIpc) is 2.37. The van der Waals surface area contributed by atoms with Gasteiger partial charge in [0.25, 0.3) is 0 Å². The minimum atomic E-state index is -0.0765. The Labute approximate surface area is 120 Å². The number of hydrogen-bond acceptors (Lipinski definition) is 2. The number of carbonyl (C=O) groups is 1. The second kappa shape index (κ2) is 5.89. The summed E-state index contributed by atoms with van der Waals surface area (Å²) in [7, 11) is 0. The molecule has 4 heteroatoms. The second-order valence-electron chi connectivity index (χ2n) is 4.36. The van der Waals surface area contributed by atoms with Crippen LogP contribution in [0.5, 0.6) is 5.75 Å². The van der Waals surface area contributed by atoms with Crippen LogP contribution in [0.3, 0.4) is 0 Å². The summed E-state index contributed by atoms with van der Waals surface area (Å²) in [6, 6.07) is 12.3. The summed E-state index contributed by atoms with van der Waals surface area (Å²) >= 11 is 3.42.